The molecule has 8 heteroatoms. The number of fused-ring (bicyclic) bond motifs is 2. The quantitative estimate of drug-likeness (QED) is 0.348. The van der Waals surface area contributed by atoms with Crippen LogP contribution in [0.5, 0.6) is 0 Å². The van der Waals surface area contributed by atoms with Gasteiger partial charge in [-0.05, 0) is 66.9 Å². The molecule has 1 saturated heterocycles. The zero-order chi connectivity index (χ0) is 24.1. The van der Waals surface area contributed by atoms with Gasteiger partial charge in [0.2, 0.25) is 0 Å². The van der Waals surface area contributed by atoms with Crippen molar-refractivity contribution in [3.05, 3.63) is 96.6 Å². The number of halogens is 1. The van der Waals surface area contributed by atoms with Crippen LogP contribution in [0, 0.1) is 5.82 Å². The molecule has 1 N–H and O–H groups in total. The summed E-state index contributed by atoms with van der Waals surface area (Å²) >= 11 is 0. The second-order valence-corrected chi connectivity index (χ2v) is 9.09. The highest BCUT2D eigenvalue weighted by Crippen LogP contribution is 2.36. The van der Waals surface area contributed by atoms with Crippen molar-refractivity contribution >= 4 is 22.4 Å². The van der Waals surface area contributed by atoms with Crippen LogP contribution in [0.25, 0.3) is 39.2 Å². The van der Waals surface area contributed by atoms with E-state index < -0.39 is 0 Å². The van der Waals surface area contributed by atoms with Crippen LogP contribution < -0.4 is 4.90 Å². The lowest BCUT2D eigenvalue weighted by molar-refractivity contribution is 0.617. The molecule has 36 heavy (non-hydrogen) atoms. The first-order valence-electron chi connectivity index (χ1n) is 12.0. The molecular formula is C28H22FN7. The number of imidazole rings is 1. The average Bonchev–Trinajstić information content (AvgIpc) is 3.67. The van der Waals surface area contributed by atoms with E-state index in [1.165, 1.54) is 6.07 Å². The highest BCUT2D eigenvalue weighted by Gasteiger charge is 2.28. The minimum absolute atomic E-state index is 0.0944. The van der Waals surface area contributed by atoms with Crippen molar-refractivity contribution in [2.24, 2.45) is 0 Å². The van der Waals surface area contributed by atoms with Crippen molar-refractivity contribution < 1.29 is 4.39 Å². The van der Waals surface area contributed by atoms with Crippen molar-refractivity contribution in [2.45, 2.75) is 18.9 Å². The fourth-order valence-corrected chi connectivity index (χ4v) is 5.13. The Morgan fingerprint density at radius 3 is 2.78 bits per heavy atom. The number of pyridine rings is 1. The van der Waals surface area contributed by atoms with E-state index in [2.05, 4.69) is 26.1 Å². The molecular weight excluding hydrogens is 453 g/mol. The first kappa shape index (κ1) is 20.8. The van der Waals surface area contributed by atoms with Crippen LogP contribution in [0.1, 0.15) is 24.4 Å². The Labute approximate surface area is 206 Å². The smallest absolute Gasteiger partial charge is 0.154 e. The summed E-state index contributed by atoms with van der Waals surface area (Å²) in [7, 11) is 0. The van der Waals surface area contributed by atoms with Gasteiger partial charge in [-0.1, -0.05) is 24.3 Å². The Hall–Kier alpha value is -4.59. The molecule has 2 aromatic carbocycles. The molecule has 1 aliphatic rings. The molecule has 5 heterocycles. The second kappa shape index (κ2) is 8.27. The summed E-state index contributed by atoms with van der Waals surface area (Å²) in [6, 6.07) is 23.0. The number of hydrogen-bond donors (Lipinski definition) is 1. The molecule has 0 amide bonds. The van der Waals surface area contributed by atoms with Gasteiger partial charge in [-0.25, -0.2) is 18.9 Å². The van der Waals surface area contributed by atoms with Crippen molar-refractivity contribution in [3.8, 4) is 22.6 Å². The maximum Gasteiger partial charge on any atom is 0.154 e. The lowest BCUT2D eigenvalue weighted by Gasteiger charge is -2.26. The van der Waals surface area contributed by atoms with Crippen LogP contribution in [-0.2, 0) is 0 Å². The van der Waals surface area contributed by atoms with E-state index in [0.29, 0.717) is 0 Å². The Morgan fingerprint density at radius 2 is 1.83 bits per heavy atom. The van der Waals surface area contributed by atoms with Crippen molar-refractivity contribution in [2.75, 3.05) is 11.4 Å². The Kier molecular flexibility index (Phi) is 4.77. The van der Waals surface area contributed by atoms with Crippen LogP contribution in [0.3, 0.4) is 0 Å². The summed E-state index contributed by atoms with van der Waals surface area (Å²) in [6.07, 6.45) is 5.62. The van der Waals surface area contributed by atoms with E-state index in [4.69, 9.17) is 10.1 Å². The van der Waals surface area contributed by atoms with Crippen LogP contribution in [0.4, 0.5) is 10.2 Å². The summed E-state index contributed by atoms with van der Waals surface area (Å²) in [5.41, 5.74) is 6.22. The van der Waals surface area contributed by atoms with E-state index in [9.17, 15) is 4.39 Å². The molecule has 6 aromatic rings. The third kappa shape index (κ3) is 3.50. The monoisotopic (exact) mass is 475 g/mol. The number of aromatic amines is 1. The Balaban J connectivity index is 1.27. The Morgan fingerprint density at radius 1 is 0.917 bits per heavy atom. The van der Waals surface area contributed by atoms with Crippen molar-refractivity contribution in [1.29, 1.82) is 0 Å². The van der Waals surface area contributed by atoms with Crippen LogP contribution in [0.2, 0.25) is 0 Å². The maximum absolute atomic E-state index is 13.9. The summed E-state index contributed by atoms with van der Waals surface area (Å²) in [4.78, 5) is 11.8. The van der Waals surface area contributed by atoms with E-state index >= 15 is 0 Å². The fraction of sp³-hybridized carbons (Fsp3) is 0.143. The summed E-state index contributed by atoms with van der Waals surface area (Å²) in [5, 5.41) is 13.1. The first-order valence-corrected chi connectivity index (χ1v) is 12.0. The highest BCUT2D eigenvalue weighted by molar-refractivity contribution is 5.83. The zero-order valence-corrected chi connectivity index (χ0v) is 19.3. The Bertz CT molecular complexity index is 1720. The number of nitrogens with zero attached hydrogens (tertiary/aromatic N) is 6. The molecule has 4 aromatic heterocycles. The maximum atomic E-state index is 13.9. The highest BCUT2D eigenvalue weighted by atomic mass is 19.1. The molecule has 1 atom stereocenters. The van der Waals surface area contributed by atoms with Crippen LogP contribution >= 0.6 is 0 Å². The number of nitrogens with one attached hydrogen (secondary N) is 1. The molecule has 0 radical (unpaired) electrons. The van der Waals surface area contributed by atoms with E-state index in [0.717, 1.165) is 70.0 Å². The van der Waals surface area contributed by atoms with E-state index in [-0.39, 0.29) is 11.9 Å². The molecule has 0 aliphatic carbocycles. The van der Waals surface area contributed by atoms with Gasteiger partial charge in [-0.3, -0.25) is 5.10 Å². The molecule has 7 rings (SSSR count). The predicted octanol–water partition coefficient (Wildman–Crippen LogP) is 5.82. The van der Waals surface area contributed by atoms with Gasteiger partial charge >= 0.3 is 0 Å². The number of anilines is 1. The molecule has 176 valence electrons. The number of rotatable bonds is 4. The van der Waals surface area contributed by atoms with Gasteiger partial charge in [0.25, 0.3) is 0 Å². The standard InChI is InChI=1S/C28H22FN7/c29-21-5-1-4-19(15-21)25-8-3-13-35(25)28-12-11-27-30-17-26(36(27)34-28)24-7-2-6-22(32-24)18-9-10-23-20(14-18)16-31-33-23/h1-2,4-7,9-12,14-17,25H,3,8,13H2,(H,31,33). The van der Waals surface area contributed by atoms with Gasteiger partial charge in [0.15, 0.2) is 5.65 Å². The lowest BCUT2D eigenvalue weighted by Crippen LogP contribution is -2.24. The summed E-state index contributed by atoms with van der Waals surface area (Å²) < 4.78 is 15.8. The number of hydrogen-bond acceptors (Lipinski definition) is 5. The molecule has 1 fully saturated rings. The minimum Gasteiger partial charge on any atom is -0.348 e. The SMILES string of the molecule is Fc1cccc(C2CCCN2c2ccc3ncc(-c4cccc(-c5ccc6[nH]ncc6c5)n4)n3n2)c1. The molecule has 1 aliphatic heterocycles. The molecule has 0 spiro atoms. The molecule has 1 unspecified atom stereocenters. The zero-order valence-electron chi connectivity index (χ0n) is 19.3. The topological polar surface area (TPSA) is 75.0 Å². The van der Waals surface area contributed by atoms with E-state index in [1.54, 1.807) is 12.1 Å². The van der Waals surface area contributed by atoms with Gasteiger partial charge in [0.05, 0.1) is 35.3 Å². The summed E-state index contributed by atoms with van der Waals surface area (Å²) in [5.74, 6) is 0.632. The normalized spacial score (nSPS) is 15.8. The third-order valence-electron chi connectivity index (χ3n) is 6.88. The molecule has 7 nitrogen and oxygen atoms in total. The van der Waals surface area contributed by atoms with Gasteiger partial charge in [-0.2, -0.15) is 5.10 Å². The van der Waals surface area contributed by atoms with Gasteiger partial charge in [0, 0.05) is 17.5 Å². The lowest BCUT2D eigenvalue weighted by atomic mass is 10.0. The minimum atomic E-state index is -0.211. The number of aromatic nitrogens is 6. The number of H-pyrrole nitrogens is 1. The summed E-state index contributed by atoms with van der Waals surface area (Å²) in [6.45, 7) is 0.869. The second-order valence-electron chi connectivity index (χ2n) is 9.09. The first-order chi connectivity index (χ1) is 17.7. The fourth-order valence-electron chi connectivity index (χ4n) is 5.13. The number of benzene rings is 2. The third-order valence-corrected chi connectivity index (χ3v) is 6.88. The van der Waals surface area contributed by atoms with Gasteiger partial charge in [-0.15, -0.1) is 5.10 Å². The average molecular weight is 476 g/mol. The molecule has 0 saturated carbocycles. The van der Waals surface area contributed by atoms with Crippen molar-refractivity contribution in [1.82, 2.24) is 29.8 Å². The largest absolute Gasteiger partial charge is 0.348 e. The molecule has 0 bridgehead atoms. The van der Waals surface area contributed by atoms with E-state index in [1.807, 2.05) is 65.4 Å². The van der Waals surface area contributed by atoms with Gasteiger partial charge < -0.3 is 4.90 Å². The van der Waals surface area contributed by atoms with Crippen LogP contribution in [-0.4, -0.2) is 36.3 Å². The van der Waals surface area contributed by atoms with Crippen molar-refractivity contribution in [3.63, 3.8) is 0 Å². The van der Waals surface area contributed by atoms with Crippen LogP contribution in [0.15, 0.2) is 85.2 Å². The predicted molar refractivity (Wildman–Crippen MR) is 137 cm³/mol. The van der Waals surface area contributed by atoms with Gasteiger partial charge in [0.1, 0.15) is 17.3 Å².